The van der Waals surface area contributed by atoms with E-state index in [0.29, 0.717) is 39.3 Å². The summed E-state index contributed by atoms with van der Waals surface area (Å²) in [5, 5.41) is 142. The topological polar surface area (TPSA) is 794 Å². The van der Waals surface area contributed by atoms with Crippen molar-refractivity contribution in [2.24, 2.45) is 34.4 Å². The van der Waals surface area contributed by atoms with Gasteiger partial charge in [0.1, 0.15) is 0 Å². The Morgan fingerprint density at radius 1 is 0.186 bits per heavy atom. The van der Waals surface area contributed by atoms with E-state index in [2.05, 4.69) is 16.0 Å². The number of nitrogens with one attached hydrogen (secondary N) is 3. The molecule has 0 saturated carbocycles. The van der Waals surface area contributed by atoms with Crippen LogP contribution in [-0.4, -0.2) is 168 Å². The van der Waals surface area contributed by atoms with Crippen molar-refractivity contribution in [3.8, 4) is 0 Å². The Bertz CT molecular complexity index is 1040. The maximum atomic E-state index is 8.89. The second-order valence-corrected chi connectivity index (χ2v) is 11.4. The van der Waals surface area contributed by atoms with Crippen LogP contribution in [0.15, 0.2) is 0 Å². The minimum absolute atomic E-state index is 0. The van der Waals surface area contributed by atoms with Gasteiger partial charge in [0.15, 0.2) is 0 Å². The molecule has 0 aromatic rings. The number of hydrogen-bond acceptors (Lipinski definition) is 39. The molecular weight excluding hydrogens is 1980 g/mol. The molecule has 5 radical (unpaired) electrons. The molecule has 0 unspecified atom stereocenters. The van der Waals surface area contributed by atoms with Crippen LogP contribution >= 0.6 is 0 Å². The molecule has 0 rings (SSSR count). The van der Waals surface area contributed by atoms with Crippen LogP contribution in [0, 0.1) is 235 Å². The smallest absolute Gasteiger partial charge is 0.550 e. The van der Waals surface area contributed by atoms with Crippen LogP contribution < -0.4 is 127 Å². The van der Waals surface area contributed by atoms with Crippen molar-refractivity contribution in [3.63, 3.8) is 0 Å². The van der Waals surface area contributed by atoms with Crippen molar-refractivity contribution in [1.82, 2.24) is 16.0 Å². The van der Waals surface area contributed by atoms with Gasteiger partial charge in [-0.2, -0.15) is 0 Å². The van der Waals surface area contributed by atoms with Crippen LogP contribution in [0.2, 0.25) is 0 Å². The van der Waals surface area contributed by atoms with Gasteiger partial charge in [-0.3, -0.25) is 0 Å². The fourth-order valence-corrected chi connectivity index (χ4v) is 0.987. The average molecular weight is 2060 g/mol. The molecule has 0 fully saturated rings. The van der Waals surface area contributed by atoms with Crippen molar-refractivity contribution >= 4 is 89.5 Å². The first-order valence-corrected chi connectivity index (χ1v) is 21.2. The van der Waals surface area contributed by atoms with E-state index in [1.165, 1.54) is 0 Å². The zero-order chi connectivity index (χ0) is 70.3. The third-order valence-corrected chi connectivity index (χ3v) is 1.93. The summed E-state index contributed by atoms with van der Waals surface area (Å²) in [6, 6.07) is 0. The minimum Gasteiger partial charge on any atom is -0.550 e. The molecule has 0 aliphatic rings. The molecule has 0 saturated heterocycles. The SMILES string of the molecule is CC(=O)[O-].CC(=O)[O-].CC(=O)[O-].CC(=O)[O-].CC(=O)[O-].CC(=O)[O-].CC(=O)[O-].CC(=O)[O-].CC(=O)[O-].CC(=O)[O-].CC(=O)[O-].CC(=O)[O-].CC(=O)[O-].CC(=O)[O-].CC(=O)[O-].NCCNCCN.NCCNCCN.NCCNCCN.[Yb+3].[Yb+3].[Yb+3].[Yb+3].[Yb+3]. The number of nitrogens with two attached hydrogens (primary N) is 6. The summed E-state index contributed by atoms with van der Waals surface area (Å²) < 4.78 is 0. The Balaban J connectivity index is -0.0000000233. The van der Waals surface area contributed by atoms with Gasteiger partial charge in [0.2, 0.25) is 0 Å². The summed E-state index contributed by atoms with van der Waals surface area (Å²) in [6.45, 7) is 24.0. The van der Waals surface area contributed by atoms with Gasteiger partial charge in [0.05, 0.1) is 0 Å². The molecule has 0 aliphatic carbocycles. The van der Waals surface area contributed by atoms with Crippen molar-refractivity contribution in [2.75, 3.05) is 78.5 Å². The fourth-order valence-electron chi connectivity index (χ4n) is 0.987. The largest absolute Gasteiger partial charge is 3.00 e. The monoisotopic (exact) mass is 2060 g/mol. The quantitative estimate of drug-likeness (QED) is 0.0819. The van der Waals surface area contributed by atoms with E-state index in [4.69, 9.17) is 183 Å². The second kappa shape index (κ2) is 166. The first kappa shape index (κ1) is 156. The van der Waals surface area contributed by atoms with Crippen LogP contribution in [0.3, 0.4) is 0 Å². The maximum absolute atomic E-state index is 8.89. The predicted molar refractivity (Wildman–Crippen MR) is 253 cm³/mol. The molecule has 39 nitrogen and oxygen atoms in total. The zero-order valence-electron chi connectivity index (χ0n) is 49.5. The molecule has 0 atom stereocenters. The molecule has 0 spiro atoms. The van der Waals surface area contributed by atoms with E-state index in [1.54, 1.807) is 0 Å². The van der Waals surface area contributed by atoms with Gasteiger partial charge >= 0.3 is 235 Å². The third-order valence-electron chi connectivity index (χ3n) is 1.93. The van der Waals surface area contributed by atoms with Crippen LogP contribution in [0.5, 0.6) is 0 Å². The molecule has 0 bridgehead atoms. The summed E-state index contributed by atoms with van der Waals surface area (Å²) in [7, 11) is 0. The van der Waals surface area contributed by atoms with E-state index in [1.807, 2.05) is 0 Å². The van der Waals surface area contributed by atoms with Gasteiger partial charge < -0.3 is 199 Å². The van der Waals surface area contributed by atoms with Gasteiger partial charge in [-0.05, 0) is 104 Å². The van der Waals surface area contributed by atoms with Crippen molar-refractivity contribution in [3.05, 3.63) is 0 Å². The first-order chi connectivity index (χ1) is 36.2. The molecule has 0 aromatic heterocycles. The van der Waals surface area contributed by atoms with Crippen molar-refractivity contribution in [2.45, 2.75) is 104 Å². The number of carbonyl (C=O) groups excluding carboxylic acids is 15. The van der Waals surface area contributed by atoms with Crippen LogP contribution in [-0.2, 0) is 71.9 Å². The Kier molecular flexibility index (Phi) is 302. The maximum Gasteiger partial charge on any atom is 3.00 e. The number of carboxylic acids is 15. The Hall–Kier alpha value is -0.713. The van der Waals surface area contributed by atoms with Crippen molar-refractivity contribution < 1.29 is 383 Å². The summed E-state index contributed by atoms with van der Waals surface area (Å²) in [6.07, 6.45) is 0. The number of rotatable bonds is 12. The zero-order valence-corrected chi connectivity index (χ0v) is 58.1. The van der Waals surface area contributed by atoms with E-state index in [9.17, 15) is 0 Å². The van der Waals surface area contributed by atoms with Crippen LogP contribution in [0.25, 0.3) is 0 Å². The molecule has 0 aromatic carbocycles. The summed E-state index contributed by atoms with van der Waals surface area (Å²) >= 11 is 0. The summed E-state index contributed by atoms with van der Waals surface area (Å²) in [5.41, 5.74) is 31.0. The summed E-state index contributed by atoms with van der Waals surface area (Å²) in [5.74, 6) is -16.3. The Morgan fingerprint density at radius 2 is 0.221 bits per heavy atom. The van der Waals surface area contributed by atoms with Gasteiger partial charge in [-0.1, -0.05) is 0 Å². The second-order valence-electron chi connectivity index (χ2n) is 11.4. The van der Waals surface area contributed by atoms with E-state index in [0.717, 1.165) is 143 Å². The van der Waals surface area contributed by atoms with Gasteiger partial charge in [-0.25, -0.2) is 0 Å². The minimum atomic E-state index is -1.08. The van der Waals surface area contributed by atoms with Crippen LogP contribution in [0.4, 0.5) is 0 Å². The molecule has 86 heavy (non-hydrogen) atoms. The normalized spacial score (nSPS) is 6.66. The van der Waals surface area contributed by atoms with E-state index in [-0.39, 0.29) is 235 Å². The van der Waals surface area contributed by atoms with E-state index < -0.39 is 89.5 Å². The van der Waals surface area contributed by atoms with E-state index >= 15 is 0 Å². The molecule has 44 heteroatoms. The van der Waals surface area contributed by atoms with Gasteiger partial charge in [0.25, 0.3) is 0 Å². The van der Waals surface area contributed by atoms with Gasteiger partial charge in [0, 0.05) is 168 Å². The molecule has 0 amide bonds. The number of carboxylic acid groups (broad SMARTS) is 15. The fraction of sp³-hybridized carbons (Fsp3) is 0.643. The van der Waals surface area contributed by atoms with Gasteiger partial charge in [-0.15, -0.1) is 0 Å². The summed E-state index contributed by atoms with van der Waals surface area (Å²) in [4.78, 5) is 133. The van der Waals surface area contributed by atoms with Crippen LogP contribution in [0.1, 0.15) is 104 Å². The molecule has 0 aliphatic heterocycles. The predicted octanol–water partition coefficient (Wildman–Crippen LogP) is -23.2. The molecular formula is C42H84N9O30Yb5. The number of hydrogen-bond donors (Lipinski definition) is 9. The van der Waals surface area contributed by atoms with Crippen molar-refractivity contribution in [1.29, 1.82) is 0 Å². The standard InChI is InChI=1S/3C4H13N3.15C2H4O2.5Yb/c3*5-1-3-7-4-2-6;15*1-2(3)4;;;;;/h3*7H,1-6H2;15*1H3,(H,3,4);;;;;/q;;;;;;;;;;;;;;;;;;5*+3/p-15. The Morgan fingerprint density at radius 3 is 0.244 bits per heavy atom. The molecule has 15 N–H and O–H groups in total. The average Bonchev–Trinajstić information content (AvgIpc) is 3.16. The number of aliphatic carboxylic acids is 15. The number of carbonyl (C=O) groups is 15. The Labute approximate surface area is 694 Å². The molecule has 547 valence electrons. The first-order valence-electron chi connectivity index (χ1n) is 21.2. The third kappa shape index (κ3) is 4430. The molecule has 0 heterocycles.